The summed E-state index contributed by atoms with van der Waals surface area (Å²) in [4.78, 5) is 22.0. The van der Waals surface area contributed by atoms with Gasteiger partial charge in [-0.3, -0.25) is 0 Å². The van der Waals surface area contributed by atoms with Gasteiger partial charge in [0.1, 0.15) is 18.2 Å². The minimum Gasteiger partial charge on any atom is -0.450 e. The van der Waals surface area contributed by atoms with Crippen LogP contribution in [0.2, 0.25) is 0 Å². The lowest BCUT2D eigenvalue weighted by Crippen LogP contribution is -2.23. The first kappa shape index (κ1) is 11.9. The van der Waals surface area contributed by atoms with Crippen molar-refractivity contribution in [2.45, 2.75) is 0 Å². The van der Waals surface area contributed by atoms with E-state index in [0.29, 0.717) is 0 Å². The fourth-order valence-electron chi connectivity index (χ4n) is 0.840. The van der Waals surface area contributed by atoms with Crippen LogP contribution in [0.5, 0.6) is 5.75 Å². The number of rotatable bonds is 3. The Hall–Kier alpha value is -2.17. The number of esters is 2. The van der Waals surface area contributed by atoms with E-state index in [1.165, 1.54) is 12.1 Å². The molecule has 0 spiro atoms. The molecule has 0 radical (unpaired) electrons. The molecule has 4 nitrogen and oxygen atoms in total. The molecule has 0 fully saturated rings. The van der Waals surface area contributed by atoms with Crippen molar-refractivity contribution in [3.05, 3.63) is 42.7 Å². The fourth-order valence-corrected chi connectivity index (χ4v) is 0.840. The molecular formula is C11H9FO4. The van der Waals surface area contributed by atoms with Crippen LogP contribution in [0.3, 0.4) is 0 Å². The van der Waals surface area contributed by atoms with E-state index >= 15 is 0 Å². The highest BCUT2D eigenvalue weighted by atomic mass is 19.1. The average molecular weight is 224 g/mol. The lowest BCUT2D eigenvalue weighted by atomic mass is 10.3. The molecule has 1 aromatic rings. The first-order valence-corrected chi connectivity index (χ1v) is 4.37. The van der Waals surface area contributed by atoms with Crippen molar-refractivity contribution in [1.29, 1.82) is 0 Å². The summed E-state index contributed by atoms with van der Waals surface area (Å²) >= 11 is 0. The van der Waals surface area contributed by atoms with Crippen molar-refractivity contribution in [1.82, 2.24) is 0 Å². The van der Waals surface area contributed by atoms with E-state index in [9.17, 15) is 14.0 Å². The van der Waals surface area contributed by atoms with Gasteiger partial charge >= 0.3 is 11.9 Å². The van der Waals surface area contributed by atoms with E-state index in [1.54, 1.807) is 18.2 Å². The van der Waals surface area contributed by atoms with Crippen LogP contribution in [0, 0.1) is 0 Å². The summed E-state index contributed by atoms with van der Waals surface area (Å²) in [5, 5.41) is 0. The van der Waals surface area contributed by atoms with E-state index in [0.717, 1.165) is 0 Å². The molecule has 1 rings (SSSR count). The smallest absolute Gasteiger partial charge is 0.422 e. The number of para-hydroxylation sites is 1. The Kier molecular flexibility index (Phi) is 4.20. The van der Waals surface area contributed by atoms with Gasteiger partial charge in [0.15, 0.2) is 0 Å². The van der Waals surface area contributed by atoms with Crippen molar-refractivity contribution in [2.75, 3.05) is 6.61 Å². The molecule has 0 aliphatic heterocycles. The third kappa shape index (κ3) is 3.91. The average Bonchev–Trinajstić information content (AvgIpc) is 2.27. The van der Waals surface area contributed by atoms with Crippen LogP contribution >= 0.6 is 0 Å². The van der Waals surface area contributed by atoms with Crippen molar-refractivity contribution < 1.29 is 23.5 Å². The molecule has 0 unspecified atom stereocenters. The monoisotopic (exact) mass is 224 g/mol. The molecule has 0 saturated carbocycles. The molecule has 5 heteroatoms. The van der Waals surface area contributed by atoms with Gasteiger partial charge in [0.2, 0.25) is 0 Å². The molecule has 0 amide bonds. The Bertz CT molecular complexity index is 400. The predicted octanol–water partition coefficient (Wildman–Crippen LogP) is 1.62. The molecule has 0 heterocycles. The van der Waals surface area contributed by atoms with Gasteiger partial charge in [0, 0.05) is 0 Å². The van der Waals surface area contributed by atoms with Gasteiger partial charge in [0.25, 0.3) is 0 Å². The number of halogens is 1. The third-order valence-corrected chi connectivity index (χ3v) is 1.48. The maximum Gasteiger partial charge on any atom is 0.422 e. The van der Waals surface area contributed by atoms with Gasteiger partial charge in [-0.2, -0.15) is 0 Å². The van der Waals surface area contributed by atoms with E-state index in [1.807, 2.05) is 0 Å². The van der Waals surface area contributed by atoms with Gasteiger partial charge < -0.3 is 9.47 Å². The molecule has 1 aromatic carbocycles. The van der Waals surface area contributed by atoms with Crippen molar-refractivity contribution >= 4 is 11.9 Å². The number of benzene rings is 1. The molecule has 0 atom stereocenters. The summed E-state index contributed by atoms with van der Waals surface area (Å²) in [5.74, 6) is -3.10. The number of hydrogen-bond acceptors (Lipinski definition) is 4. The van der Waals surface area contributed by atoms with Gasteiger partial charge in [-0.05, 0) is 12.1 Å². The highest BCUT2D eigenvalue weighted by Crippen LogP contribution is 2.08. The summed E-state index contributed by atoms with van der Waals surface area (Å²) in [6.07, 6.45) is 0. The summed E-state index contributed by atoms with van der Waals surface area (Å²) < 4.78 is 21.0. The standard InChI is InChI=1S/C11H9FO4/c1-8(12)7-15-10(13)11(14)16-9-5-3-2-4-6-9/h2-6H,1,7H2. The Morgan fingerprint density at radius 1 is 1.19 bits per heavy atom. The lowest BCUT2D eigenvalue weighted by molar-refractivity contribution is -0.161. The van der Waals surface area contributed by atoms with Gasteiger partial charge in [0.05, 0.1) is 0 Å². The van der Waals surface area contributed by atoms with Crippen LogP contribution < -0.4 is 4.74 Å². The normalized spacial score (nSPS) is 9.31. The maximum absolute atomic E-state index is 12.1. The number of ether oxygens (including phenoxy) is 2. The van der Waals surface area contributed by atoms with Gasteiger partial charge in [-0.15, -0.1) is 0 Å². The highest BCUT2D eigenvalue weighted by Gasteiger charge is 2.18. The second-order valence-corrected chi connectivity index (χ2v) is 2.80. The SMILES string of the molecule is C=C(F)COC(=O)C(=O)Oc1ccccc1. The second kappa shape index (κ2) is 5.65. The van der Waals surface area contributed by atoms with Crippen molar-refractivity contribution in [2.24, 2.45) is 0 Å². The molecule has 0 bridgehead atoms. The van der Waals surface area contributed by atoms with Gasteiger partial charge in [-0.1, -0.05) is 24.8 Å². The highest BCUT2D eigenvalue weighted by molar-refractivity contribution is 6.30. The zero-order chi connectivity index (χ0) is 12.0. The molecule has 84 valence electrons. The Labute approximate surface area is 91.3 Å². The zero-order valence-electron chi connectivity index (χ0n) is 8.31. The van der Waals surface area contributed by atoms with Gasteiger partial charge in [-0.25, -0.2) is 14.0 Å². The Morgan fingerprint density at radius 3 is 2.38 bits per heavy atom. The summed E-state index contributed by atoms with van der Waals surface area (Å²) in [6, 6.07) is 8.00. The van der Waals surface area contributed by atoms with E-state index in [-0.39, 0.29) is 5.75 Å². The molecule has 0 aliphatic rings. The molecule has 0 saturated heterocycles. The first-order chi connectivity index (χ1) is 7.59. The molecule has 0 N–H and O–H groups in total. The molecular weight excluding hydrogens is 215 g/mol. The van der Waals surface area contributed by atoms with E-state index < -0.39 is 24.4 Å². The lowest BCUT2D eigenvalue weighted by Gasteiger charge is -2.03. The Balaban J connectivity index is 2.46. The number of carbonyl (C=O) groups excluding carboxylic acids is 2. The van der Waals surface area contributed by atoms with Crippen molar-refractivity contribution in [3.63, 3.8) is 0 Å². The Morgan fingerprint density at radius 2 is 1.81 bits per heavy atom. The minimum absolute atomic E-state index is 0.212. The van der Waals surface area contributed by atoms with E-state index in [2.05, 4.69) is 16.1 Å². The quantitative estimate of drug-likeness (QED) is 0.444. The summed E-state index contributed by atoms with van der Waals surface area (Å²) in [6.45, 7) is 2.22. The van der Waals surface area contributed by atoms with E-state index in [4.69, 9.17) is 0 Å². The molecule has 0 aromatic heterocycles. The van der Waals surface area contributed by atoms with Crippen LogP contribution in [0.1, 0.15) is 0 Å². The predicted molar refractivity (Wildman–Crippen MR) is 53.3 cm³/mol. The van der Waals surface area contributed by atoms with Crippen LogP contribution in [0.4, 0.5) is 4.39 Å². The van der Waals surface area contributed by atoms with Crippen LogP contribution in [-0.2, 0) is 14.3 Å². The first-order valence-electron chi connectivity index (χ1n) is 4.37. The van der Waals surface area contributed by atoms with Crippen molar-refractivity contribution in [3.8, 4) is 5.75 Å². The molecule has 0 aliphatic carbocycles. The topological polar surface area (TPSA) is 52.6 Å². The largest absolute Gasteiger partial charge is 0.450 e. The fraction of sp³-hybridized carbons (Fsp3) is 0.0909. The van der Waals surface area contributed by atoms with Crippen LogP contribution in [-0.4, -0.2) is 18.5 Å². The number of hydrogen-bond donors (Lipinski definition) is 0. The summed E-state index contributed by atoms with van der Waals surface area (Å²) in [5.41, 5.74) is 0. The minimum atomic E-state index is -1.26. The van der Waals surface area contributed by atoms with Crippen LogP contribution in [0.25, 0.3) is 0 Å². The zero-order valence-corrected chi connectivity index (χ0v) is 8.31. The summed E-state index contributed by atoms with van der Waals surface area (Å²) in [7, 11) is 0. The molecule has 16 heavy (non-hydrogen) atoms. The third-order valence-electron chi connectivity index (χ3n) is 1.48. The second-order valence-electron chi connectivity index (χ2n) is 2.80. The number of carbonyl (C=O) groups is 2. The van der Waals surface area contributed by atoms with Crippen LogP contribution in [0.15, 0.2) is 42.7 Å². The maximum atomic E-state index is 12.1.